The van der Waals surface area contributed by atoms with Gasteiger partial charge >= 0.3 is 0 Å². The van der Waals surface area contributed by atoms with E-state index in [1.165, 1.54) is 18.3 Å². The SMILES string of the molecule is COc1ccc([C@@H](C(=O)NC2CCCC2)N(C(=O)c2ccco2)c2cc(Cl)ccc2OC)cc1. The van der Waals surface area contributed by atoms with E-state index in [-0.39, 0.29) is 17.7 Å². The minimum absolute atomic E-state index is 0.0649. The van der Waals surface area contributed by atoms with Crippen molar-refractivity contribution < 1.29 is 23.5 Å². The number of rotatable bonds is 8. The highest BCUT2D eigenvalue weighted by atomic mass is 35.5. The van der Waals surface area contributed by atoms with E-state index in [4.69, 9.17) is 25.5 Å². The van der Waals surface area contributed by atoms with Crippen molar-refractivity contribution in [2.75, 3.05) is 19.1 Å². The number of furan rings is 1. The highest BCUT2D eigenvalue weighted by Gasteiger charge is 2.37. The smallest absolute Gasteiger partial charge is 0.295 e. The van der Waals surface area contributed by atoms with Crippen LogP contribution in [-0.4, -0.2) is 32.1 Å². The molecular weight excluding hydrogens is 456 g/mol. The average molecular weight is 483 g/mol. The Morgan fingerprint density at radius 3 is 2.41 bits per heavy atom. The lowest BCUT2D eigenvalue weighted by molar-refractivity contribution is -0.123. The largest absolute Gasteiger partial charge is 0.497 e. The molecule has 7 nitrogen and oxygen atoms in total. The minimum Gasteiger partial charge on any atom is -0.497 e. The van der Waals surface area contributed by atoms with Crippen LogP contribution in [-0.2, 0) is 4.79 Å². The van der Waals surface area contributed by atoms with Crippen molar-refractivity contribution >= 4 is 29.1 Å². The third-order valence-corrected chi connectivity index (χ3v) is 6.23. The molecule has 1 N–H and O–H groups in total. The van der Waals surface area contributed by atoms with Gasteiger partial charge in [-0.05, 0) is 60.9 Å². The van der Waals surface area contributed by atoms with Crippen molar-refractivity contribution in [1.29, 1.82) is 0 Å². The van der Waals surface area contributed by atoms with E-state index in [1.807, 2.05) is 0 Å². The molecule has 1 fully saturated rings. The Labute approximate surface area is 203 Å². The Hall–Kier alpha value is -3.45. The summed E-state index contributed by atoms with van der Waals surface area (Å²) in [6, 6.07) is 14.3. The van der Waals surface area contributed by atoms with Gasteiger partial charge in [-0.15, -0.1) is 0 Å². The number of methoxy groups -OCH3 is 2. The van der Waals surface area contributed by atoms with Crippen LogP contribution in [0.1, 0.15) is 47.8 Å². The number of hydrogen-bond donors (Lipinski definition) is 1. The fraction of sp³-hybridized carbons (Fsp3) is 0.308. The molecule has 178 valence electrons. The number of nitrogens with zero attached hydrogens (tertiary/aromatic N) is 1. The zero-order valence-corrected chi connectivity index (χ0v) is 19.9. The van der Waals surface area contributed by atoms with E-state index in [0.717, 1.165) is 25.7 Å². The number of hydrogen-bond acceptors (Lipinski definition) is 5. The van der Waals surface area contributed by atoms with Crippen LogP contribution in [0, 0.1) is 0 Å². The molecule has 34 heavy (non-hydrogen) atoms. The second kappa shape index (κ2) is 10.7. The van der Waals surface area contributed by atoms with Gasteiger partial charge in [-0.3, -0.25) is 14.5 Å². The monoisotopic (exact) mass is 482 g/mol. The molecule has 1 aliphatic carbocycles. The molecule has 0 bridgehead atoms. The molecule has 4 rings (SSSR count). The van der Waals surface area contributed by atoms with E-state index in [9.17, 15) is 9.59 Å². The third kappa shape index (κ3) is 5.04. The van der Waals surface area contributed by atoms with E-state index in [1.54, 1.807) is 61.7 Å². The summed E-state index contributed by atoms with van der Waals surface area (Å²) in [5, 5.41) is 3.54. The first kappa shape index (κ1) is 23.7. The van der Waals surface area contributed by atoms with Crippen molar-refractivity contribution in [3.63, 3.8) is 0 Å². The number of anilines is 1. The Kier molecular flexibility index (Phi) is 7.43. The fourth-order valence-electron chi connectivity index (χ4n) is 4.29. The molecule has 8 heteroatoms. The minimum atomic E-state index is -1.00. The summed E-state index contributed by atoms with van der Waals surface area (Å²) in [5.74, 6) is 0.348. The molecule has 1 aromatic heterocycles. The predicted molar refractivity (Wildman–Crippen MR) is 130 cm³/mol. The van der Waals surface area contributed by atoms with Gasteiger partial charge in [0.1, 0.15) is 17.5 Å². The summed E-state index contributed by atoms with van der Waals surface area (Å²) < 4.78 is 16.3. The summed E-state index contributed by atoms with van der Waals surface area (Å²) in [7, 11) is 3.08. The number of nitrogens with one attached hydrogen (secondary N) is 1. The van der Waals surface area contributed by atoms with Gasteiger partial charge in [0.2, 0.25) is 5.91 Å². The van der Waals surface area contributed by atoms with Crippen LogP contribution in [0.3, 0.4) is 0 Å². The Balaban J connectivity index is 1.86. The number of carbonyl (C=O) groups excluding carboxylic acids is 2. The molecule has 0 spiro atoms. The second-order valence-electron chi connectivity index (χ2n) is 8.13. The van der Waals surface area contributed by atoms with Gasteiger partial charge in [0.15, 0.2) is 5.76 Å². The third-order valence-electron chi connectivity index (χ3n) is 5.99. The molecule has 3 aromatic rings. The van der Waals surface area contributed by atoms with Gasteiger partial charge in [0.25, 0.3) is 5.91 Å². The molecule has 0 saturated heterocycles. The summed E-state index contributed by atoms with van der Waals surface area (Å²) in [6.45, 7) is 0. The first-order chi connectivity index (χ1) is 16.5. The summed E-state index contributed by atoms with van der Waals surface area (Å²) in [4.78, 5) is 29.0. The molecule has 1 saturated carbocycles. The van der Waals surface area contributed by atoms with Crippen LogP contribution in [0.15, 0.2) is 65.3 Å². The van der Waals surface area contributed by atoms with Gasteiger partial charge in [-0.25, -0.2) is 0 Å². The van der Waals surface area contributed by atoms with Crippen molar-refractivity contribution in [2.45, 2.75) is 37.8 Å². The number of ether oxygens (including phenoxy) is 2. The highest BCUT2D eigenvalue weighted by Crippen LogP contribution is 2.38. The lowest BCUT2D eigenvalue weighted by Crippen LogP contribution is -2.46. The summed E-state index contributed by atoms with van der Waals surface area (Å²) in [6.07, 6.45) is 5.37. The maximum atomic E-state index is 13.8. The molecule has 0 unspecified atom stereocenters. The maximum absolute atomic E-state index is 13.8. The van der Waals surface area contributed by atoms with Crippen LogP contribution >= 0.6 is 11.6 Å². The van der Waals surface area contributed by atoms with E-state index in [0.29, 0.717) is 27.8 Å². The summed E-state index contributed by atoms with van der Waals surface area (Å²) in [5.41, 5.74) is 0.969. The number of carbonyl (C=O) groups is 2. The lowest BCUT2D eigenvalue weighted by atomic mass is 10.0. The van der Waals surface area contributed by atoms with Crippen molar-refractivity contribution in [1.82, 2.24) is 5.32 Å². The topological polar surface area (TPSA) is 81.0 Å². The first-order valence-electron chi connectivity index (χ1n) is 11.2. The second-order valence-corrected chi connectivity index (χ2v) is 8.57. The number of halogens is 1. The standard InChI is InChI=1S/C26H27ClN2O5/c1-32-20-12-9-17(10-13-20)24(25(30)28-19-6-3-4-7-19)29(26(31)23-8-5-15-34-23)21-16-18(27)11-14-22(21)33-2/h5,8-16,19,24H,3-4,6-7H2,1-2H3,(H,28,30)/t24-/m0/s1. The van der Waals surface area contributed by atoms with Gasteiger partial charge in [0.05, 0.1) is 26.2 Å². The molecule has 0 aliphatic heterocycles. The van der Waals surface area contributed by atoms with Crippen LogP contribution in [0.25, 0.3) is 0 Å². The molecule has 1 aliphatic rings. The average Bonchev–Trinajstić information content (AvgIpc) is 3.57. The predicted octanol–water partition coefficient (Wildman–Crippen LogP) is 5.40. The van der Waals surface area contributed by atoms with E-state index in [2.05, 4.69) is 5.32 Å². The zero-order chi connectivity index (χ0) is 24.1. The first-order valence-corrected chi connectivity index (χ1v) is 11.5. The van der Waals surface area contributed by atoms with E-state index >= 15 is 0 Å². The van der Waals surface area contributed by atoms with Crippen LogP contribution in [0.5, 0.6) is 11.5 Å². The quantitative estimate of drug-likeness (QED) is 0.465. The van der Waals surface area contributed by atoms with Crippen molar-refractivity contribution in [3.8, 4) is 11.5 Å². The number of amides is 2. The van der Waals surface area contributed by atoms with Crippen LogP contribution < -0.4 is 19.7 Å². The Bertz CT molecular complexity index is 1120. The van der Waals surface area contributed by atoms with E-state index < -0.39 is 11.9 Å². The zero-order valence-electron chi connectivity index (χ0n) is 19.1. The van der Waals surface area contributed by atoms with Gasteiger partial charge in [-0.1, -0.05) is 36.6 Å². The van der Waals surface area contributed by atoms with Crippen molar-refractivity contribution in [3.05, 3.63) is 77.2 Å². The molecule has 1 atom stereocenters. The van der Waals surface area contributed by atoms with Gasteiger partial charge < -0.3 is 19.2 Å². The Morgan fingerprint density at radius 2 is 1.79 bits per heavy atom. The van der Waals surface area contributed by atoms with Crippen LogP contribution in [0.4, 0.5) is 5.69 Å². The summed E-state index contributed by atoms with van der Waals surface area (Å²) >= 11 is 6.32. The molecule has 2 aromatic carbocycles. The number of benzene rings is 2. The fourth-order valence-corrected chi connectivity index (χ4v) is 4.46. The highest BCUT2D eigenvalue weighted by molar-refractivity contribution is 6.31. The normalized spacial score (nSPS) is 14.4. The van der Waals surface area contributed by atoms with Crippen LogP contribution in [0.2, 0.25) is 5.02 Å². The maximum Gasteiger partial charge on any atom is 0.295 e. The molecule has 0 radical (unpaired) electrons. The molecule has 2 amide bonds. The molecular formula is C26H27ClN2O5. The van der Waals surface area contributed by atoms with Crippen molar-refractivity contribution in [2.24, 2.45) is 0 Å². The Morgan fingerprint density at radius 1 is 1.06 bits per heavy atom. The molecule has 1 heterocycles. The lowest BCUT2D eigenvalue weighted by Gasteiger charge is -2.32. The van der Waals surface area contributed by atoms with Gasteiger partial charge in [0, 0.05) is 11.1 Å². The van der Waals surface area contributed by atoms with Gasteiger partial charge in [-0.2, -0.15) is 0 Å².